The number of hydrogen-bond acceptors (Lipinski definition) is 2. The van der Waals surface area contributed by atoms with E-state index in [1.165, 1.54) is 17.0 Å². The largest absolute Gasteiger partial charge is 0.348 e. The van der Waals surface area contributed by atoms with Gasteiger partial charge in [-0.25, -0.2) is 22.0 Å². The van der Waals surface area contributed by atoms with E-state index in [-0.39, 0.29) is 23.6 Å². The lowest BCUT2D eigenvalue weighted by atomic mass is 9.86. The summed E-state index contributed by atoms with van der Waals surface area (Å²) in [4.78, 5) is 27.4. The second-order valence-corrected chi connectivity index (χ2v) is 9.84. The van der Waals surface area contributed by atoms with Crippen LogP contribution in [-0.4, -0.2) is 11.8 Å². The summed E-state index contributed by atoms with van der Waals surface area (Å²) in [6, 6.07) is 6.99. The Morgan fingerprint density at radius 1 is 0.914 bits per heavy atom. The molecule has 0 unspecified atom stereocenters. The lowest BCUT2D eigenvalue weighted by molar-refractivity contribution is -0.122. The van der Waals surface area contributed by atoms with Crippen molar-refractivity contribution in [1.82, 2.24) is 5.32 Å². The molecule has 2 amide bonds. The zero-order chi connectivity index (χ0) is 25.7. The van der Waals surface area contributed by atoms with E-state index in [0.717, 1.165) is 18.2 Å². The Morgan fingerprint density at radius 2 is 1.49 bits per heavy atom. The highest BCUT2D eigenvalue weighted by Crippen LogP contribution is 2.45. The number of benzene rings is 3. The van der Waals surface area contributed by atoms with Gasteiger partial charge in [-0.15, -0.1) is 0 Å². The van der Waals surface area contributed by atoms with Crippen molar-refractivity contribution in [3.05, 3.63) is 97.4 Å². The van der Waals surface area contributed by atoms with Gasteiger partial charge < -0.3 is 10.2 Å². The molecule has 0 atom stereocenters. The molecule has 0 bridgehead atoms. The highest BCUT2D eigenvalue weighted by molar-refractivity contribution is 14.1. The van der Waals surface area contributed by atoms with Crippen LogP contribution < -0.4 is 10.2 Å². The Morgan fingerprint density at radius 3 is 2.09 bits per heavy atom. The van der Waals surface area contributed by atoms with E-state index in [1.807, 2.05) is 22.6 Å². The number of anilines is 1. The van der Waals surface area contributed by atoms with Crippen molar-refractivity contribution >= 4 is 40.1 Å². The van der Waals surface area contributed by atoms with Crippen molar-refractivity contribution in [3.8, 4) is 0 Å². The lowest BCUT2D eigenvalue weighted by Gasteiger charge is -2.20. The Kier molecular flexibility index (Phi) is 6.60. The van der Waals surface area contributed by atoms with Crippen molar-refractivity contribution in [3.63, 3.8) is 0 Å². The first-order valence-electron chi connectivity index (χ1n) is 10.4. The summed E-state index contributed by atoms with van der Waals surface area (Å²) in [6.45, 7) is 2.77. The van der Waals surface area contributed by atoms with Crippen LogP contribution in [0.2, 0.25) is 0 Å². The normalized spacial score (nSPS) is 14.3. The minimum atomic E-state index is -1.13. The van der Waals surface area contributed by atoms with Crippen LogP contribution in [0, 0.1) is 32.7 Å². The van der Waals surface area contributed by atoms with Gasteiger partial charge in [0.25, 0.3) is 5.91 Å². The monoisotopic (exact) mass is 600 g/mol. The molecule has 1 N–H and O–H groups in total. The molecule has 0 radical (unpaired) electrons. The second kappa shape index (κ2) is 9.21. The predicted octanol–water partition coefficient (Wildman–Crippen LogP) is 5.74. The number of hydrogen-bond donors (Lipinski definition) is 1. The molecule has 1 heterocycles. The molecule has 0 spiro atoms. The number of fused-ring (bicyclic) bond motifs is 1. The van der Waals surface area contributed by atoms with Gasteiger partial charge in [0, 0.05) is 45.0 Å². The van der Waals surface area contributed by atoms with Gasteiger partial charge in [0.15, 0.2) is 0 Å². The molecule has 10 heteroatoms. The molecule has 0 saturated carbocycles. The van der Waals surface area contributed by atoms with Crippen molar-refractivity contribution < 1.29 is 31.5 Å². The van der Waals surface area contributed by atoms with Gasteiger partial charge in [0.05, 0.1) is 17.6 Å². The number of carbonyl (C=O) groups excluding carboxylic acids is 2. The number of halogens is 6. The number of carbonyl (C=O) groups is 2. The molecule has 4 rings (SSSR count). The van der Waals surface area contributed by atoms with E-state index < -0.39 is 52.5 Å². The van der Waals surface area contributed by atoms with Crippen LogP contribution in [0.15, 0.2) is 42.5 Å². The number of amides is 2. The molecular formula is C25H18F5IN2O2. The standard InChI is InChI=1S/C25H18F5IN2O2/c1-25(2)22-20(31)5-13(23(34)32-10-17-18(29)8-16(28)9-19(17)30)6-21(22)33(24(25)35)11-12-3-14(26)7-15(27)4-12/h3-9H,10-11H2,1-2H3,(H,32,34). The molecule has 35 heavy (non-hydrogen) atoms. The third kappa shape index (κ3) is 4.75. The van der Waals surface area contributed by atoms with Crippen LogP contribution in [0.25, 0.3) is 0 Å². The van der Waals surface area contributed by atoms with Gasteiger partial charge in [-0.3, -0.25) is 9.59 Å². The summed E-state index contributed by atoms with van der Waals surface area (Å²) < 4.78 is 69.0. The van der Waals surface area contributed by atoms with Crippen molar-refractivity contribution in [1.29, 1.82) is 0 Å². The molecule has 182 valence electrons. The average molecular weight is 600 g/mol. The molecule has 0 fully saturated rings. The van der Waals surface area contributed by atoms with Crippen LogP contribution in [-0.2, 0) is 23.3 Å². The summed E-state index contributed by atoms with van der Waals surface area (Å²) in [7, 11) is 0. The first-order chi connectivity index (χ1) is 16.4. The zero-order valence-electron chi connectivity index (χ0n) is 18.5. The Hall–Kier alpha value is -3.02. The summed E-state index contributed by atoms with van der Waals surface area (Å²) in [5, 5.41) is 2.40. The average Bonchev–Trinajstić information content (AvgIpc) is 2.92. The minimum Gasteiger partial charge on any atom is -0.348 e. The smallest absolute Gasteiger partial charge is 0.251 e. The van der Waals surface area contributed by atoms with E-state index in [2.05, 4.69) is 5.32 Å². The molecule has 3 aromatic carbocycles. The van der Waals surface area contributed by atoms with Crippen molar-refractivity contribution in [2.45, 2.75) is 32.4 Å². The van der Waals surface area contributed by atoms with E-state index in [1.54, 1.807) is 13.8 Å². The number of nitrogens with one attached hydrogen (secondary N) is 1. The van der Waals surface area contributed by atoms with E-state index >= 15 is 0 Å². The van der Waals surface area contributed by atoms with Crippen LogP contribution in [0.3, 0.4) is 0 Å². The SMILES string of the molecule is CC1(C)C(=O)N(Cc2cc(F)cc(F)c2)c2cc(C(=O)NCc3c(F)cc(F)cc3F)cc(I)c21. The fraction of sp³-hybridized carbons (Fsp3) is 0.200. The second-order valence-electron chi connectivity index (χ2n) is 8.68. The molecule has 0 aliphatic carbocycles. The maximum atomic E-state index is 13.9. The van der Waals surface area contributed by atoms with Crippen molar-refractivity contribution in [2.24, 2.45) is 0 Å². The Balaban J connectivity index is 1.66. The first kappa shape index (κ1) is 25.1. The highest BCUT2D eigenvalue weighted by Gasteiger charge is 2.45. The molecular weight excluding hydrogens is 582 g/mol. The van der Waals surface area contributed by atoms with E-state index in [0.29, 0.717) is 27.0 Å². The Bertz CT molecular complexity index is 1330. The third-order valence-electron chi connectivity index (χ3n) is 5.82. The Labute approximate surface area is 211 Å². The van der Waals surface area contributed by atoms with Crippen LogP contribution in [0.5, 0.6) is 0 Å². The summed E-state index contributed by atoms with van der Waals surface area (Å²) >= 11 is 1.99. The summed E-state index contributed by atoms with van der Waals surface area (Å²) in [5.41, 5.74) is -0.0917. The quantitative estimate of drug-likeness (QED) is 0.300. The van der Waals surface area contributed by atoms with Gasteiger partial charge in [0.2, 0.25) is 5.91 Å². The number of rotatable bonds is 5. The molecule has 1 aliphatic rings. The highest BCUT2D eigenvalue weighted by atomic mass is 127. The maximum absolute atomic E-state index is 13.9. The molecule has 0 saturated heterocycles. The molecule has 4 nitrogen and oxygen atoms in total. The fourth-order valence-corrected chi connectivity index (χ4v) is 5.45. The first-order valence-corrected chi connectivity index (χ1v) is 11.5. The lowest BCUT2D eigenvalue weighted by Crippen LogP contribution is -2.36. The maximum Gasteiger partial charge on any atom is 0.251 e. The molecule has 1 aliphatic heterocycles. The van der Waals surface area contributed by atoms with E-state index in [9.17, 15) is 31.5 Å². The molecule has 0 aromatic heterocycles. The van der Waals surface area contributed by atoms with Gasteiger partial charge in [-0.05, 0) is 66.3 Å². The van der Waals surface area contributed by atoms with Gasteiger partial charge in [-0.1, -0.05) is 0 Å². The zero-order valence-corrected chi connectivity index (χ0v) is 20.6. The predicted molar refractivity (Wildman–Crippen MR) is 127 cm³/mol. The summed E-state index contributed by atoms with van der Waals surface area (Å²) in [5.74, 6) is -5.90. The van der Waals surface area contributed by atoms with Gasteiger partial charge in [0.1, 0.15) is 29.1 Å². The van der Waals surface area contributed by atoms with Crippen LogP contribution in [0.4, 0.5) is 27.6 Å². The van der Waals surface area contributed by atoms with E-state index in [4.69, 9.17) is 0 Å². The minimum absolute atomic E-state index is 0.108. The summed E-state index contributed by atoms with van der Waals surface area (Å²) in [6.07, 6.45) is 0. The van der Waals surface area contributed by atoms with Gasteiger partial charge >= 0.3 is 0 Å². The van der Waals surface area contributed by atoms with Crippen molar-refractivity contribution in [2.75, 3.05) is 4.90 Å². The number of nitrogens with zero attached hydrogens (tertiary/aromatic N) is 1. The van der Waals surface area contributed by atoms with Crippen LogP contribution >= 0.6 is 22.6 Å². The topological polar surface area (TPSA) is 49.4 Å². The van der Waals surface area contributed by atoms with Gasteiger partial charge in [-0.2, -0.15) is 0 Å². The fourth-order valence-electron chi connectivity index (χ4n) is 4.16. The van der Waals surface area contributed by atoms with Crippen LogP contribution in [0.1, 0.15) is 40.9 Å². The molecule has 3 aromatic rings. The third-order valence-corrected chi connectivity index (χ3v) is 6.67.